The highest BCUT2D eigenvalue weighted by atomic mass is 16.6. The zero-order valence-corrected chi connectivity index (χ0v) is 10.7. The normalized spacial score (nSPS) is 16.8. The lowest BCUT2D eigenvalue weighted by Crippen LogP contribution is -2.44. The molecule has 1 aliphatic carbocycles. The summed E-state index contributed by atoms with van der Waals surface area (Å²) in [5, 5.41) is 14.4. The van der Waals surface area contributed by atoms with Gasteiger partial charge in [-0.15, -0.1) is 0 Å². The molecule has 0 aliphatic heterocycles. The minimum Gasteiger partial charge on any atom is -0.497 e. The van der Waals surface area contributed by atoms with Crippen molar-refractivity contribution >= 4 is 11.4 Å². The summed E-state index contributed by atoms with van der Waals surface area (Å²) >= 11 is 0. The van der Waals surface area contributed by atoms with Gasteiger partial charge in [-0.3, -0.25) is 10.1 Å². The van der Waals surface area contributed by atoms with Crippen LogP contribution in [0.25, 0.3) is 0 Å². The Kier molecular flexibility index (Phi) is 3.41. The maximum atomic E-state index is 11.0. The molecule has 1 aromatic rings. The van der Waals surface area contributed by atoms with Gasteiger partial charge in [0.1, 0.15) is 11.4 Å². The molecule has 18 heavy (non-hydrogen) atoms. The molecular weight excluding hydrogens is 232 g/mol. The van der Waals surface area contributed by atoms with Gasteiger partial charge >= 0.3 is 0 Å². The first-order valence-corrected chi connectivity index (χ1v) is 6.21. The van der Waals surface area contributed by atoms with Gasteiger partial charge in [-0.2, -0.15) is 0 Å². The molecule has 0 heterocycles. The van der Waals surface area contributed by atoms with Gasteiger partial charge in [0.2, 0.25) is 0 Å². The average molecular weight is 250 g/mol. The van der Waals surface area contributed by atoms with E-state index in [4.69, 9.17) is 4.74 Å². The van der Waals surface area contributed by atoms with Crippen molar-refractivity contribution in [2.24, 2.45) is 0 Å². The lowest BCUT2D eigenvalue weighted by molar-refractivity contribution is -0.384. The van der Waals surface area contributed by atoms with Crippen LogP contribution in [0.2, 0.25) is 0 Å². The van der Waals surface area contributed by atoms with Gasteiger partial charge in [0.15, 0.2) is 0 Å². The molecule has 0 aromatic heterocycles. The SMILES string of the molecule is CCC1(Nc2cc(OC)ccc2[N+](=O)[O-])CCC1. The van der Waals surface area contributed by atoms with Crippen molar-refractivity contribution in [1.82, 2.24) is 0 Å². The summed E-state index contributed by atoms with van der Waals surface area (Å²) in [6, 6.07) is 4.81. The molecule has 5 nitrogen and oxygen atoms in total. The van der Waals surface area contributed by atoms with Crippen molar-refractivity contribution in [2.75, 3.05) is 12.4 Å². The predicted molar refractivity (Wildman–Crippen MR) is 70.1 cm³/mol. The number of hydrogen-bond donors (Lipinski definition) is 1. The molecule has 0 saturated heterocycles. The number of nitrogens with zero attached hydrogens (tertiary/aromatic N) is 1. The van der Waals surface area contributed by atoms with E-state index >= 15 is 0 Å². The fourth-order valence-corrected chi connectivity index (χ4v) is 2.36. The molecule has 1 aliphatic rings. The van der Waals surface area contributed by atoms with Crippen LogP contribution in [0.5, 0.6) is 5.75 Å². The minimum absolute atomic E-state index is 0.0249. The highest BCUT2D eigenvalue weighted by Crippen LogP contribution is 2.40. The van der Waals surface area contributed by atoms with Crippen LogP contribution in [0.1, 0.15) is 32.6 Å². The van der Waals surface area contributed by atoms with Crippen molar-refractivity contribution in [1.29, 1.82) is 0 Å². The summed E-state index contributed by atoms with van der Waals surface area (Å²) < 4.78 is 5.13. The van der Waals surface area contributed by atoms with E-state index in [1.54, 1.807) is 19.2 Å². The molecule has 0 bridgehead atoms. The quantitative estimate of drug-likeness (QED) is 0.643. The van der Waals surface area contributed by atoms with Gasteiger partial charge in [-0.1, -0.05) is 6.92 Å². The monoisotopic (exact) mass is 250 g/mol. The standard InChI is InChI=1S/C13H18N2O3/c1-3-13(7-4-8-13)14-11-9-10(18-2)5-6-12(11)15(16)17/h5-6,9,14H,3-4,7-8H2,1-2H3. The number of nitro groups is 1. The van der Waals surface area contributed by atoms with E-state index in [9.17, 15) is 10.1 Å². The first-order chi connectivity index (χ1) is 8.60. The van der Waals surface area contributed by atoms with Gasteiger partial charge in [-0.05, 0) is 31.7 Å². The first-order valence-electron chi connectivity index (χ1n) is 6.21. The fourth-order valence-electron chi connectivity index (χ4n) is 2.36. The van der Waals surface area contributed by atoms with Crippen molar-refractivity contribution in [3.63, 3.8) is 0 Å². The molecule has 1 N–H and O–H groups in total. The Morgan fingerprint density at radius 1 is 1.50 bits per heavy atom. The van der Waals surface area contributed by atoms with Crippen LogP contribution in [0.15, 0.2) is 18.2 Å². The number of rotatable bonds is 5. The molecule has 1 aromatic carbocycles. The number of benzene rings is 1. The summed E-state index contributed by atoms with van der Waals surface area (Å²) in [6.45, 7) is 2.11. The second-order valence-electron chi connectivity index (χ2n) is 4.75. The van der Waals surface area contributed by atoms with Crippen molar-refractivity contribution in [3.05, 3.63) is 28.3 Å². The van der Waals surface area contributed by atoms with Gasteiger partial charge in [0.25, 0.3) is 5.69 Å². The number of ether oxygens (including phenoxy) is 1. The van der Waals surface area contributed by atoms with E-state index in [0.717, 1.165) is 19.3 Å². The predicted octanol–water partition coefficient (Wildman–Crippen LogP) is 3.35. The Morgan fingerprint density at radius 2 is 2.22 bits per heavy atom. The lowest BCUT2D eigenvalue weighted by atomic mass is 9.74. The largest absolute Gasteiger partial charge is 0.497 e. The van der Waals surface area contributed by atoms with Crippen LogP contribution in [0, 0.1) is 10.1 Å². The van der Waals surface area contributed by atoms with Crippen LogP contribution >= 0.6 is 0 Å². The zero-order chi connectivity index (χ0) is 13.2. The third kappa shape index (κ3) is 2.25. The maximum absolute atomic E-state index is 11.0. The molecule has 5 heteroatoms. The van der Waals surface area contributed by atoms with Gasteiger partial charge in [-0.25, -0.2) is 0 Å². The van der Waals surface area contributed by atoms with Crippen LogP contribution < -0.4 is 10.1 Å². The molecule has 98 valence electrons. The second-order valence-corrected chi connectivity index (χ2v) is 4.75. The molecule has 0 spiro atoms. The lowest BCUT2D eigenvalue weighted by Gasteiger charge is -2.42. The van der Waals surface area contributed by atoms with E-state index in [0.29, 0.717) is 11.4 Å². The van der Waals surface area contributed by atoms with Crippen LogP contribution in [-0.2, 0) is 0 Å². The minimum atomic E-state index is -0.357. The van der Waals surface area contributed by atoms with E-state index in [1.807, 2.05) is 0 Å². The summed E-state index contributed by atoms with van der Waals surface area (Å²) in [7, 11) is 1.56. The van der Waals surface area contributed by atoms with Crippen molar-refractivity contribution in [2.45, 2.75) is 38.1 Å². The average Bonchev–Trinajstić information content (AvgIpc) is 2.33. The summed E-state index contributed by atoms with van der Waals surface area (Å²) in [4.78, 5) is 10.7. The maximum Gasteiger partial charge on any atom is 0.292 e. The van der Waals surface area contributed by atoms with Crippen LogP contribution in [-0.4, -0.2) is 17.6 Å². The van der Waals surface area contributed by atoms with Gasteiger partial charge in [0.05, 0.1) is 12.0 Å². The Bertz CT molecular complexity index is 450. The molecule has 1 fully saturated rings. The van der Waals surface area contributed by atoms with Crippen LogP contribution in [0.3, 0.4) is 0 Å². The Labute approximate surface area is 106 Å². The van der Waals surface area contributed by atoms with Gasteiger partial charge in [0, 0.05) is 17.7 Å². The molecular formula is C13H18N2O3. The molecule has 0 radical (unpaired) electrons. The summed E-state index contributed by atoms with van der Waals surface area (Å²) in [5.41, 5.74) is 0.688. The molecule has 0 amide bonds. The number of nitro benzene ring substituents is 1. The van der Waals surface area contributed by atoms with Crippen molar-refractivity contribution < 1.29 is 9.66 Å². The molecule has 2 rings (SSSR count). The number of methoxy groups -OCH3 is 1. The molecule has 1 saturated carbocycles. The zero-order valence-electron chi connectivity index (χ0n) is 10.7. The second kappa shape index (κ2) is 4.84. The fraction of sp³-hybridized carbons (Fsp3) is 0.538. The van der Waals surface area contributed by atoms with Crippen molar-refractivity contribution in [3.8, 4) is 5.75 Å². The van der Waals surface area contributed by atoms with E-state index in [2.05, 4.69) is 12.2 Å². The van der Waals surface area contributed by atoms with Crippen LogP contribution in [0.4, 0.5) is 11.4 Å². The highest BCUT2D eigenvalue weighted by Gasteiger charge is 2.36. The third-order valence-corrected chi connectivity index (χ3v) is 3.79. The smallest absolute Gasteiger partial charge is 0.292 e. The van der Waals surface area contributed by atoms with Gasteiger partial charge < -0.3 is 10.1 Å². The summed E-state index contributed by atoms with van der Waals surface area (Å²) in [6.07, 6.45) is 4.29. The first kappa shape index (κ1) is 12.7. The topological polar surface area (TPSA) is 64.4 Å². The third-order valence-electron chi connectivity index (χ3n) is 3.79. The summed E-state index contributed by atoms with van der Waals surface area (Å²) in [5.74, 6) is 0.633. The number of anilines is 1. The Morgan fingerprint density at radius 3 is 2.67 bits per heavy atom. The number of nitrogens with one attached hydrogen (secondary N) is 1. The number of hydrogen-bond acceptors (Lipinski definition) is 4. The highest BCUT2D eigenvalue weighted by molar-refractivity contribution is 5.65. The Hall–Kier alpha value is -1.78. The molecule has 0 unspecified atom stereocenters. The molecule has 0 atom stereocenters. The van der Waals surface area contributed by atoms with E-state index < -0.39 is 0 Å². The van der Waals surface area contributed by atoms with E-state index in [1.165, 1.54) is 12.5 Å². The van der Waals surface area contributed by atoms with E-state index in [-0.39, 0.29) is 16.1 Å². The Balaban J connectivity index is 2.31.